The summed E-state index contributed by atoms with van der Waals surface area (Å²) in [6.45, 7) is 4.87. The van der Waals surface area contributed by atoms with E-state index in [9.17, 15) is 4.79 Å². The zero-order chi connectivity index (χ0) is 16.7. The van der Waals surface area contributed by atoms with Crippen LogP contribution in [0.5, 0.6) is 5.75 Å². The monoisotopic (exact) mass is 332 g/mol. The van der Waals surface area contributed by atoms with Crippen LogP contribution in [0, 0.1) is 0 Å². The van der Waals surface area contributed by atoms with E-state index < -0.39 is 0 Å². The first kappa shape index (κ1) is 17.2. The fourth-order valence-electron chi connectivity index (χ4n) is 2.03. The summed E-state index contributed by atoms with van der Waals surface area (Å²) in [5.74, 6) is 0.806. The number of rotatable bonds is 6. The van der Waals surface area contributed by atoms with E-state index >= 15 is 0 Å². The van der Waals surface area contributed by atoms with Gasteiger partial charge in [-0.05, 0) is 49.2 Å². The molecule has 2 aromatic carbocycles. The van der Waals surface area contributed by atoms with Crippen LogP contribution in [0.1, 0.15) is 25.0 Å². The summed E-state index contributed by atoms with van der Waals surface area (Å²) >= 11 is 5.83. The fourth-order valence-corrected chi connectivity index (χ4v) is 2.16. The molecule has 0 saturated heterocycles. The minimum atomic E-state index is -0.213. The van der Waals surface area contributed by atoms with Crippen LogP contribution in [0.15, 0.2) is 48.5 Å². The molecular weight excluding hydrogens is 312 g/mol. The number of urea groups is 1. The third-order valence-electron chi connectivity index (χ3n) is 3.09. The maximum absolute atomic E-state index is 11.8. The zero-order valence-electron chi connectivity index (χ0n) is 13.3. The number of benzene rings is 2. The van der Waals surface area contributed by atoms with E-state index in [2.05, 4.69) is 10.6 Å². The molecule has 0 aliphatic heterocycles. The van der Waals surface area contributed by atoms with E-state index in [0.29, 0.717) is 18.1 Å². The Hall–Kier alpha value is -2.20. The molecule has 2 rings (SSSR count). The average Bonchev–Trinajstić information content (AvgIpc) is 2.52. The Morgan fingerprint density at radius 3 is 2.35 bits per heavy atom. The van der Waals surface area contributed by atoms with Gasteiger partial charge in [-0.25, -0.2) is 4.79 Å². The van der Waals surface area contributed by atoms with Crippen molar-refractivity contribution in [2.75, 3.05) is 0 Å². The van der Waals surface area contributed by atoms with Crippen LogP contribution in [-0.4, -0.2) is 12.1 Å². The number of nitrogens with one attached hydrogen (secondary N) is 2. The smallest absolute Gasteiger partial charge is 0.315 e. The number of halogens is 1. The Morgan fingerprint density at radius 2 is 1.70 bits per heavy atom. The maximum Gasteiger partial charge on any atom is 0.315 e. The summed E-state index contributed by atoms with van der Waals surface area (Å²) in [4.78, 5) is 11.8. The molecule has 2 N–H and O–H groups in total. The maximum atomic E-state index is 11.8. The van der Waals surface area contributed by atoms with E-state index in [-0.39, 0.29) is 12.1 Å². The third kappa shape index (κ3) is 6.20. The zero-order valence-corrected chi connectivity index (χ0v) is 14.1. The predicted octanol–water partition coefficient (Wildman–Crippen LogP) is 4.13. The highest BCUT2D eigenvalue weighted by molar-refractivity contribution is 6.30. The number of carbonyl (C=O) groups excluding carboxylic acids is 1. The lowest BCUT2D eigenvalue weighted by Crippen LogP contribution is -2.34. The molecule has 2 amide bonds. The molecule has 5 heteroatoms. The molecule has 0 aromatic heterocycles. The van der Waals surface area contributed by atoms with E-state index in [1.807, 2.05) is 50.2 Å². The second-order valence-electron chi connectivity index (χ2n) is 5.48. The van der Waals surface area contributed by atoms with E-state index in [4.69, 9.17) is 16.3 Å². The van der Waals surface area contributed by atoms with Gasteiger partial charge < -0.3 is 15.4 Å². The molecule has 0 unspecified atom stereocenters. The predicted molar refractivity (Wildman–Crippen MR) is 92.7 cm³/mol. The Balaban J connectivity index is 1.78. The highest BCUT2D eigenvalue weighted by atomic mass is 35.5. The van der Waals surface area contributed by atoms with Crippen LogP contribution >= 0.6 is 11.6 Å². The van der Waals surface area contributed by atoms with Crippen LogP contribution < -0.4 is 15.4 Å². The highest BCUT2D eigenvalue weighted by Crippen LogP contribution is 2.14. The lowest BCUT2D eigenvalue weighted by Gasteiger charge is -2.12. The van der Waals surface area contributed by atoms with Gasteiger partial charge in [-0.15, -0.1) is 0 Å². The van der Waals surface area contributed by atoms with Crippen LogP contribution in [-0.2, 0) is 13.1 Å². The molecule has 0 atom stereocenters. The molecule has 2 aromatic rings. The molecule has 0 fully saturated rings. The topological polar surface area (TPSA) is 50.4 Å². The second-order valence-corrected chi connectivity index (χ2v) is 5.91. The van der Waals surface area contributed by atoms with Gasteiger partial charge in [0.2, 0.25) is 0 Å². The van der Waals surface area contributed by atoms with Crippen molar-refractivity contribution < 1.29 is 9.53 Å². The van der Waals surface area contributed by atoms with Gasteiger partial charge in [-0.3, -0.25) is 0 Å². The van der Waals surface area contributed by atoms with Gasteiger partial charge in [0.25, 0.3) is 0 Å². The second kappa shape index (κ2) is 8.44. The standard InChI is InChI=1S/C18H21ClN2O2/c1-13(2)23-17-5-3-4-15(10-17)12-21-18(22)20-11-14-6-8-16(19)9-7-14/h3-10,13H,11-12H2,1-2H3,(H2,20,21,22). The van der Waals surface area contributed by atoms with Crippen molar-refractivity contribution in [1.29, 1.82) is 0 Å². The van der Waals surface area contributed by atoms with Gasteiger partial charge in [-0.1, -0.05) is 35.9 Å². The first-order chi connectivity index (χ1) is 11.0. The SMILES string of the molecule is CC(C)Oc1cccc(CNC(=O)NCc2ccc(Cl)cc2)c1. The van der Waals surface area contributed by atoms with Gasteiger partial charge in [0.15, 0.2) is 0 Å². The third-order valence-corrected chi connectivity index (χ3v) is 3.34. The van der Waals surface area contributed by atoms with E-state index in [0.717, 1.165) is 16.9 Å². The van der Waals surface area contributed by atoms with Crippen molar-refractivity contribution in [2.24, 2.45) is 0 Å². The number of amides is 2. The van der Waals surface area contributed by atoms with Gasteiger partial charge >= 0.3 is 6.03 Å². The summed E-state index contributed by atoms with van der Waals surface area (Å²) in [5, 5.41) is 6.32. The van der Waals surface area contributed by atoms with E-state index in [1.165, 1.54) is 0 Å². The summed E-state index contributed by atoms with van der Waals surface area (Å²) < 4.78 is 5.64. The molecule has 0 saturated carbocycles. The average molecular weight is 333 g/mol. The van der Waals surface area contributed by atoms with E-state index in [1.54, 1.807) is 12.1 Å². The first-order valence-electron chi connectivity index (χ1n) is 7.54. The van der Waals surface area contributed by atoms with Crippen molar-refractivity contribution in [1.82, 2.24) is 10.6 Å². The Morgan fingerprint density at radius 1 is 1.04 bits per heavy atom. The molecule has 0 aliphatic rings. The Bertz CT molecular complexity index is 642. The van der Waals surface area contributed by atoms with Crippen LogP contribution in [0.25, 0.3) is 0 Å². The van der Waals surface area contributed by atoms with Gasteiger partial charge in [0.05, 0.1) is 6.10 Å². The lowest BCUT2D eigenvalue weighted by molar-refractivity contribution is 0.239. The number of ether oxygens (including phenoxy) is 1. The molecule has 0 heterocycles. The first-order valence-corrected chi connectivity index (χ1v) is 7.92. The molecule has 0 aliphatic carbocycles. The summed E-state index contributed by atoms with van der Waals surface area (Å²) in [7, 11) is 0. The van der Waals surface area contributed by atoms with Crippen molar-refractivity contribution in [3.8, 4) is 5.75 Å². The molecular formula is C18H21ClN2O2. The van der Waals surface area contributed by atoms with Crippen molar-refractivity contribution >= 4 is 17.6 Å². The highest BCUT2D eigenvalue weighted by Gasteiger charge is 2.03. The molecule has 0 bridgehead atoms. The van der Waals surface area contributed by atoms with Crippen molar-refractivity contribution in [2.45, 2.75) is 33.0 Å². The van der Waals surface area contributed by atoms with Crippen LogP contribution in [0.4, 0.5) is 4.79 Å². The molecule has 4 nitrogen and oxygen atoms in total. The normalized spacial score (nSPS) is 10.4. The molecule has 0 spiro atoms. The van der Waals surface area contributed by atoms with Crippen molar-refractivity contribution in [3.63, 3.8) is 0 Å². The van der Waals surface area contributed by atoms with Gasteiger partial charge in [-0.2, -0.15) is 0 Å². The minimum Gasteiger partial charge on any atom is -0.491 e. The molecule has 0 radical (unpaired) electrons. The van der Waals surface area contributed by atoms with Crippen LogP contribution in [0.3, 0.4) is 0 Å². The van der Waals surface area contributed by atoms with Gasteiger partial charge in [0, 0.05) is 18.1 Å². The quantitative estimate of drug-likeness (QED) is 0.835. The largest absolute Gasteiger partial charge is 0.491 e. The molecule has 23 heavy (non-hydrogen) atoms. The summed E-state index contributed by atoms with van der Waals surface area (Å²) in [6, 6.07) is 14.9. The summed E-state index contributed by atoms with van der Waals surface area (Å²) in [6.07, 6.45) is 0.126. The minimum absolute atomic E-state index is 0.126. The molecule has 122 valence electrons. The Labute approximate surface area is 141 Å². The number of carbonyl (C=O) groups is 1. The Kier molecular flexibility index (Phi) is 6.29. The summed E-state index contributed by atoms with van der Waals surface area (Å²) in [5.41, 5.74) is 1.99. The number of hydrogen-bond donors (Lipinski definition) is 2. The van der Waals surface area contributed by atoms with Crippen molar-refractivity contribution in [3.05, 3.63) is 64.7 Å². The fraction of sp³-hybridized carbons (Fsp3) is 0.278. The lowest BCUT2D eigenvalue weighted by atomic mass is 10.2. The van der Waals surface area contributed by atoms with Crippen LogP contribution in [0.2, 0.25) is 5.02 Å². The number of hydrogen-bond acceptors (Lipinski definition) is 2. The van der Waals surface area contributed by atoms with Gasteiger partial charge in [0.1, 0.15) is 5.75 Å².